The predicted molar refractivity (Wildman–Crippen MR) is 104 cm³/mol. The fourth-order valence-corrected chi connectivity index (χ4v) is 3.70. The molecule has 3 rings (SSSR count). The predicted octanol–water partition coefficient (Wildman–Crippen LogP) is 0.976. The smallest absolute Gasteiger partial charge is 0.320 e. The van der Waals surface area contributed by atoms with Gasteiger partial charge in [0.2, 0.25) is 10.0 Å². The number of rotatable bonds is 6. The number of aryl methyl sites for hydroxylation is 1. The van der Waals surface area contributed by atoms with Gasteiger partial charge >= 0.3 is 5.97 Å². The van der Waals surface area contributed by atoms with Crippen LogP contribution in [0.4, 0.5) is 0 Å². The molecule has 9 nitrogen and oxygen atoms in total. The van der Waals surface area contributed by atoms with Crippen molar-refractivity contribution in [3.63, 3.8) is 0 Å². The van der Waals surface area contributed by atoms with Crippen molar-refractivity contribution >= 4 is 32.9 Å². The molecule has 3 aromatic rings. The Morgan fingerprint density at radius 1 is 1.25 bits per heavy atom. The van der Waals surface area contributed by atoms with Gasteiger partial charge in [-0.25, -0.2) is 13.4 Å². The molecule has 0 bridgehead atoms. The molecule has 28 heavy (non-hydrogen) atoms. The molecule has 0 aliphatic carbocycles. The fourth-order valence-electron chi connectivity index (χ4n) is 2.71. The van der Waals surface area contributed by atoms with Gasteiger partial charge < -0.3 is 15.0 Å². The number of nitrogens with two attached hydrogens (primary N) is 1. The number of nitrogen functional groups attached to an aromatic ring is 1. The highest BCUT2D eigenvalue weighted by atomic mass is 32.2. The van der Waals surface area contributed by atoms with E-state index in [0.717, 1.165) is 11.1 Å². The number of ether oxygens (including phenoxy) is 1. The average molecular weight is 401 g/mol. The van der Waals surface area contributed by atoms with E-state index in [1.54, 1.807) is 30.3 Å². The normalized spacial score (nSPS) is 11.5. The summed E-state index contributed by atoms with van der Waals surface area (Å²) in [6.45, 7) is -0.452. The van der Waals surface area contributed by atoms with E-state index < -0.39 is 22.5 Å². The number of sulfonamides is 1. The van der Waals surface area contributed by atoms with Gasteiger partial charge in [-0.3, -0.25) is 10.2 Å². The largest absolute Gasteiger partial charge is 0.468 e. The molecule has 2 aromatic carbocycles. The molecule has 0 saturated carbocycles. The molecule has 0 saturated heterocycles. The van der Waals surface area contributed by atoms with E-state index in [0.29, 0.717) is 16.9 Å². The fraction of sp³-hybridized carbons (Fsp3) is 0.167. The third-order valence-corrected chi connectivity index (χ3v) is 5.65. The number of esters is 1. The Hall–Kier alpha value is -3.24. The van der Waals surface area contributed by atoms with E-state index in [1.165, 1.54) is 19.2 Å². The average Bonchev–Trinajstić information content (AvgIpc) is 3.02. The summed E-state index contributed by atoms with van der Waals surface area (Å²) in [6, 6.07) is 11.6. The minimum Gasteiger partial charge on any atom is -0.468 e. The number of amidine groups is 1. The molecule has 10 heteroatoms. The molecule has 1 heterocycles. The monoisotopic (exact) mass is 401 g/mol. The lowest BCUT2D eigenvalue weighted by Gasteiger charge is -2.06. The molecule has 4 N–H and O–H groups in total. The minimum absolute atomic E-state index is 0.000445. The van der Waals surface area contributed by atoms with Gasteiger partial charge in [0.15, 0.2) is 0 Å². The van der Waals surface area contributed by atoms with Crippen LogP contribution in [0.25, 0.3) is 22.4 Å². The van der Waals surface area contributed by atoms with Crippen LogP contribution in [0.5, 0.6) is 0 Å². The molecule has 0 spiro atoms. The zero-order valence-corrected chi connectivity index (χ0v) is 16.1. The van der Waals surface area contributed by atoms with E-state index >= 15 is 0 Å². The molecule has 0 fully saturated rings. The molecule has 0 amide bonds. The maximum atomic E-state index is 12.4. The van der Waals surface area contributed by atoms with Crippen molar-refractivity contribution in [1.29, 1.82) is 5.41 Å². The van der Waals surface area contributed by atoms with Crippen molar-refractivity contribution in [2.75, 3.05) is 13.7 Å². The topological polar surface area (TPSA) is 140 Å². The highest BCUT2D eigenvalue weighted by Crippen LogP contribution is 2.25. The highest BCUT2D eigenvalue weighted by molar-refractivity contribution is 7.89. The lowest BCUT2D eigenvalue weighted by Crippen LogP contribution is -2.30. The van der Waals surface area contributed by atoms with E-state index in [1.807, 2.05) is 11.6 Å². The van der Waals surface area contributed by atoms with Gasteiger partial charge in [0.25, 0.3) is 0 Å². The molecule has 0 aliphatic heterocycles. The lowest BCUT2D eigenvalue weighted by atomic mass is 10.1. The first-order valence-corrected chi connectivity index (χ1v) is 9.69. The van der Waals surface area contributed by atoms with Gasteiger partial charge in [0.05, 0.1) is 23.0 Å². The number of hydrogen-bond acceptors (Lipinski definition) is 6. The van der Waals surface area contributed by atoms with Crippen LogP contribution in [-0.4, -0.2) is 43.4 Å². The Balaban J connectivity index is 1.97. The standard InChI is InChI=1S/C18H19N5O4S/c1-23-15-8-7-13(28(25,26)21-10-16(24)27-2)9-14(15)22-18(23)12-5-3-11(4-6-12)17(19)20/h3-9,21H,10H2,1-2H3,(H3,19,20). The van der Waals surface area contributed by atoms with Crippen molar-refractivity contribution in [2.45, 2.75) is 4.90 Å². The highest BCUT2D eigenvalue weighted by Gasteiger charge is 2.18. The summed E-state index contributed by atoms with van der Waals surface area (Å²) < 4.78 is 33.2. The molecule has 0 atom stereocenters. The van der Waals surface area contributed by atoms with Crippen LogP contribution in [0.2, 0.25) is 0 Å². The molecule has 0 unspecified atom stereocenters. The minimum atomic E-state index is -3.88. The summed E-state index contributed by atoms with van der Waals surface area (Å²) in [7, 11) is -0.870. The second kappa shape index (κ2) is 7.41. The number of imidazole rings is 1. The molecule has 1 aromatic heterocycles. The van der Waals surface area contributed by atoms with Crippen LogP contribution in [0, 0.1) is 5.41 Å². The number of nitrogens with zero attached hydrogens (tertiary/aromatic N) is 2. The van der Waals surface area contributed by atoms with E-state index in [2.05, 4.69) is 14.4 Å². The Morgan fingerprint density at radius 2 is 1.93 bits per heavy atom. The van der Waals surface area contributed by atoms with Crippen LogP contribution in [0.3, 0.4) is 0 Å². The van der Waals surface area contributed by atoms with Gasteiger partial charge in [-0.15, -0.1) is 0 Å². The van der Waals surface area contributed by atoms with Crippen molar-refractivity contribution in [3.05, 3.63) is 48.0 Å². The number of nitrogens with one attached hydrogen (secondary N) is 2. The van der Waals surface area contributed by atoms with Crippen LogP contribution in [-0.2, 0) is 26.6 Å². The second-order valence-corrected chi connectivity index (χ2v) is 7.80. The molecule has 0 aliphatic rings. The summed E-state index contributed by atoms with van der Waals surface area (Å²) in [5, 5.41) is 7.46. The molecular formula is C18H19N5O4S. The molecular weight excluding hydrogens is 382 g/mol. The van der Waals surface area contributed by atoms with Crippen molar-refractivity contribution in [3.8, 4) is 11.4 Å². The number of hydrogen-bond donors (Lipinski definition) is 3. The van der Waals surface area contributed by atoms with Crippen LogP contribution >= 0.6 is 0 Å². The lowest BCUT2D eigenvalue weighted by molar-refractivity contribution is -0.139. The number of carbonyl (C=O) groups excluding carboxylic acids is 1. The third-order valence-electron chi connectivity index (χ3n) is 4.25. The first kappa shape index (κ1) is 19.5. The van der Waals surface area contributed by atoms with Gasteiger partial charge in [-0.2, -0.15) is 4.72 Å². The van der Waals surface area contributed by atoms with E-state index in [9.17, 15) is 13.2 Å². The maximum Gasteiger partial charge on any atom is 0.320 e. The summed E-state index contributed by atoms with van der Waals surface area (Å²) in [5.41, 5.74) is 8.12. The first-order valence-electron chi connectivity index (χ1n) is 8.20. The third kappa shape index (κ3) is 3.73. The SMILES string of the molecule is COC(=O)CNS(=O)(=O)c1ccc2c(c1)nc(-c1ccc(C(=N)N)cc1)n2C. The Kier molecular flexibility index (Phi) is 5.16. The Bertz CT molecular complexity index is 1170. The van der Waals surface area contributed by atoms with Gasteiger partial charge in [0.1, 0.15) is 18.2 Å². The van der Waals surface area contributed by atoms with Crippen LogP contribution < -0.4 is 10.5 Å². The summed E-state index contributed by atoms with van der Waals surface area (Å²) in [4.78, 5) is 15.7. The van der Waals surface area contributed by atoms with Crippen molar-refractivity contribution < 1.29 is 17.9 Å². The van der Waals surface area contributed by atoms with Crippen molar-refractivity contribution in [1.82, 2.24) is 14.3 Å². The van der Waals surface area contributed by atoms with Crippen LogP contribution in [0.15, 0.2) is 47.4 Å². The van der Waals surface area contributed by atoms with Gasteiger partial charge in [0, 0.05) is 18.2 Å². The summed E-state index contributed by atoms with van der Waals surface area (Å²) >= 11 is 0. The zero-order chi connectivity index (χ0) is 20.5. The van der Waals surface area contributed by atoms with Gasteiger partial charge in [-0.1, -0.05) is 24.3 Å². The second-order valence-electron chi connectivity index (χ2n) is 6.04. The molecule has 0 radical (unpaired) electrons. The Morgan fingerprint density at radius 3 is 2.54 bits per heavy atom. The van der Waals surface area contributed by atoms with Crippen LogP contribution in [0.1, 0.15) is 5.56 Å². The van der Waals surface area contributed by atoms with E-state index in [4.69, 9.17) is 11.1 Å². The van der Waals surface area contributed by atoms with E-state index in [-0.39, 0.29) is 10.7 Å². The number of aromatic nitrogens is 2. The first-order chi connectivity index (χ1) is 13.2. The number of benzene rings is 2. The summed E-state index contributed by atoms with van der Waals surface area (Å²) in [5.74, 6) is -0.0631. The van der Waals surface area contributed by atoms with Crippen molar-refractivity contribution in [2.24, 2.45) is 12.8 Å². The summed E-state index contributed by atoms with van der Waals surface area (Å²) in [6.07, 6.45) is 0. The number of methoxy groups -OCH3 is 1. The zero-order valence-electron chi connectivity index (χ0n) is 15.3. The Labute approximate surface area is 161 Å². The van der Waals surface area contributed by atoms with Gasteiger partial charge in [-0.05, 0) is 18.2 Å². The number of carbonyl (C=O) groups is 1. The molecule has 146 valence electrons. The maximum absolute atomic E-state index is 12.4. The number of fused-ring (bicyclic) bond motifs is 1. The quantitative estimate of drug-likeness (QED) is 0.319.